The van der Waals surface area contributed by atoms with Gasteiger partial charge in [0, 0.05) is 0 Å². The van der Waals surface area contributed by atoms with Crippen molar-refractivity contribution in [2.24, 2.45) is 5.73 Å². The molecule has 0 fully saturated rings. The molecule has 0 aliphatic heterocycles. The molecule has 0 heterocycles. The Morgan fingerprint density at radius 2 is 2.06 bits per heavy atom. The molecule has 0 rings (SSSR count). The summed E-state index contributed by atoms with van der Waals surface area (Å²) < 4.78 is 0. The highest BCUT2D eigenvalue weighted by atomic mass is 16.4. The third kappa shape index (κ3) is 5.62. The van der Waals surface area contributed by atoms with Crippen molar-refractivity contribution in [3.63, 3.8) is 0 Å². The standard InChI is InChI=1S/C9H13N3O4/c1-2-3-12(6-9(15)16)8(14)5-11-7(13)4-10/h1H,3-6,10H2,(H,11,13)(H,15,16). The van der Waals surface area contributed by atoms with Crippen molar-refractivity contribution in [1.29, 1.82) is 0 Å². The minimum absolute atomic E-state index is 0.121. The fourth-order valence-corrected chi connectivity index (χ4v) is 0.864. The monoisotopic (exact) mass is 227 g/mol. The van der Waals surface area contributed by atoms with Crippen LogP contribution >= 0.6 is 0 Å². The van der Waals surface area contributed by atoms with Gasteiger partial charge in [0.05, 0.1) is 19.6 Å². The van der Waals surface area contributed by atoms with Crippen LogP contribution in [-0.4, -0.2) is 54.0 Å². The predicted octanol–water partition coefficient (Wildman–Crippen LogP) is -2.39. The van der Waals surface area contributed by atoms with Crippen molar-refractivity contribution < 1.29 is 19.5 Å². The minimum Gasteiger partial charge on any atom is -0.480 e. The van der Waals surface area contributed by atoms with E-state index < -0.39 is 24.3 Å². The molecule has 16 heavy (non-hydrogen) atoms. The number of amides is 2. The number of aliphatic carboxylic acids is 1. The number of carbonyl (C=O) groups excluding carboxylic acids is 2. The van der Waals surface area contributed by atoms with Crippen molar-refractivity contribution in [3.8, 4) is 12.3 Å². The summed E-state index contributed by atoms with van der Waals surface area (Å²) >= 11 is 0. The molecule has 0 aromatic carbocycles. The van der Waals surface area contributed by atoms with Crippen LogP contribution in [0.15, 0.2) is 0 Å². The van der Waals surface area contributed by atoms with Crippen LogP contribution in [0.25, 0.3) is 0 Å². The molecule has 0 atom stereocenters. The third-order valence-corrected chi connectivity index (χ3v) is 1.58. The van der Waals surface area contributed by atoms with Crippen molar-refractivity contribution in [2.75, 3.05) is 26.2 Å². The van der Waals surface area contributed by atoms with E-state index in [-0.39, 0.29) is 19.6 Å². The molecule has 0 aliphatic rings. The van der Waals surface area contributed by atoms with Gasteiger partial charge in [-0.25, -0.2) is 0 Å². The van der Waals surface area contributed by atoms with Crippen LogP contribution in [0.1, 0.15) is 0 Å². The number of terminal acetylenes is 1. The third-order valence-electron chi connectivity index (χ3n) is 1.58. The Morgan fingerprint density at radius 3 is 2.50 bits per heavy atom. The normalized spacial score (nSPS) is 9.00. The highest BCUT2D eigenvalue weighted by molar-refractivity contribution is 5.87. The van der Waals surface area contributed by atoms with Gasteiger partial charge in [-0.1, -0.05) is 5.92 Å². The largest absolute Gasteiger partial charge is 0.480 e. The number of hydrogen-bond acceptors (Lipinski definition) is 4. The van der Waals surface area contributed by atoms with E-state index in [0.29, 0.717) is 0 Å². The van der Waals surface area contributed by atoms with Crippen molar-refractivity contribution in [3.05, 3.63) is 0 Å². The fourth-order valence-electron chi connectivity index (χ4n) is 0.864. The zero-order valence-corrected chi connectivity index (χ0v) is 8.60. The molecule has 0 spiro atoms. The van der Waals surface area contributed by atoms with Crippen LogP contribution in [0.2, 0.25) is 0 Å². The lowest BCUT2D eigenvalue weighted by atomic mass is 10.4. The molecule has 2 amide bonds. The van der Waals surface area contributed by atoms with E-state index in [4.69, 9.17) is 17.3 Å². The smallest absolute Gasteiger partial charge is 0.323 e. The summed E-state index contributed by atoms with van der Waals surface area (Å²) in [5.41, 5.74) is 5.01. The Hall–Kier alpha value is -2.07. The Labute approximate surface area is 92.6 Å². The highest BCUT2D eigenvalue weighted by Gasteiger charge is 2.15. The summed E-state index contributed by atoms with van der Waals surface area (Å²) in [4.78, 5) is 33.5. The maximum Gasteiger partial charge on any atom is 0.323 e. The lowest BCUT2D eigenvalue weighted by Gasteiger charge is -2.17. The average Bonchev–Trinajstić information content (AvgIpc) is 2.24. The first-order valence-electron chi connectivity index (χ1n) is 4.41. The quantitative estimate of drug-likeness (QED) is 0.438. The summed E-state index contributed by atoms with van der Waals surface area (Å²) in [6.07, 6.45) is 4.98. The van der Waals surface area contributed by atoms with E-state index in [1.807, 2.05) is 0 Å². The molecule has 7 nitrogen and oxygen atoms in total. The second-order valence-corrected chi connectivity index (χ2v) is 2.83. The Kier molecular flexibility index (Phi) is 6.31. The van der Waals surface area contributed by atoms with Crippen LogP contribution in [0.5, 0.6) is 0 Å². The van der Waals surface area contributed by atoms with E-state index in [9.17, 15) is 14.4 Å². The molecular formula is C9H13N3O4. The number of carboxylic acid groups (broad SMARTS) is 1. The van der Waals surface area contributed by atoms with Gasteiger partial charge in [-0.2, -0.15) is 0 Å². The molecule has 0 aliphatic carbocycles. The second kappa shape index (κ2) is 7.25. The molecule has 0 aromatic rings. The van der Waals surface area contributed by atoms with Gasteiger partial charge in [-0.05, 0) is 0 Å². The number of nitrogens with zero attached hydrogens (tertiary/aromatic N) is 1. The van der Waals surface area contributed by atoms with Crippen molar-refractivity contribution in [1.82, 2.24) is 10.2 Å². The van der Waals surface area contributed by atoms with E-state index in [1.165, 1.54) is 0 Å². The van der Waals surface area contributed by atoms with Gasteiger partial charge >= 0.3 is 5.97 Å². The van der Waals surface area contributed by atoms with Crippen molar-refractivity contribution >= 4 is 17.8 Å². The maximum absolute atomic E-state index is 11.4. The molecule has 0 aromatic heterocycles. The van der Waals surface area contributed by atoms with Crippen LogP contribution in [0.4, 0.5) is 0 Å². The Balaban J connectivity index is 4.22. The molecule has 88 valence electrons. The maximum atomic E-state index is 11.4. The number of nitrogens with two attached hydrogens (primary N) is 1. The Morgan fingerprint density at radius 1 is 1.44 bits per heavy atom. The molecule has 0 unspecified atom stereocenters. The van der Waals surface area contributed by atoms with Crippen molar-refractivity contribution in [2.45, 2.75) is 0 Å². The summed E-state index contributed by atoms with van der Waals surface area (Å²) in [6, 6.07) is 0. The van der Waals surface area contributed by atoms with Gasteiger partial charge in [-0.3, -0.25) is 14.4 Å². The zero-order chi connectivity index (χ0) is 12.6. The first-order valence-corrected chi connectivity index (χ1v) is 4.41. The second-order valence-electron chi connectivity index (χ2n) is 2.83. The van der Waals surface area contributed by atoms with Gasteiger partial charge in [-0.15, -0.1) is 6.42 Å². The van der Waals surface area contributed by atoms with Crippen LogP contribution in [0, 0.1) is 12.3 Å². The van der Waals surface area contributed by atoms with Gasteiger partial charge in [0.15, 0.2) is 0 Å². The van der Waals surface area contributed by atoms with E-state index >= 15 is 0 Å². The van der Waals surface area contributed by atoms with Crippen LogP contribution in [-0.2, 0) is 14.4 Å². The minimum atomic E-state index is -1.17. The average molecular weight is 227 g/mol. The topological polar surface area (TPSA) is 113 Å². The molecule has 0 saturated carbocycles. The number of carbonyl (C=O) groups is 3. The lowest BCUT2D eigenvalue weighted by Crippen LogP contribution is -2.43. The van der Waals surface area contributed by atoms with Gasteiger partial charge < -0.3 is 21.1 Å². The molecule has 0 bridgehead atoms. The van der Waals surface area contributed by atoms with E-state index in [2.05, 4.69) is 11.2 Å². The molecular weight excluding hydrogens is 214 g/mol. The summed E-state index contributed by atoms with van der Waals surface area (Å²) in [5.74, 6) is -0.0758. The first kappa shape index (κ1) is 13.9. The fraction of sp³-hybridized carbons (Fsp3) is 0.444. The van der Waals surface area contributed by atoms with E-state index in [0.717, 1.165) is 4.90 Å². The Bertz CT molecular complexity index is 321. The zero-order valence-electron chi connectivity index (χ0n) is 8.60. The number of carboxylic acids is 1. The molecule has 0 saturated heterocycles. The molecule has 0 radical (unpaired) electrons. The number of nitrogens with one attached hydrogen (secondary N) is 1. The summed E-state index contributed by atoms with van der Waals surface area (Å²) in [7, 11) is 0. The van der Waals surface area contributed by atoms with Crippen LogP contribution < -0.4 is 11.1 Å². The van der Waals surface area contributed by atoms with Gasteiger partial charge in [0.1, 0.15) is 6.54 Å². The number of rotatable bonds is 6. The molecule has 4 N–H and O–H groups in total. The highest BCUT2D eigenvalue weighted by Crippen LogP contribution is 1.88. The SMILES string of the molecule is C#CCN(CC(=O)O)C(=O)CNC(=O)CN. The lowest BCUT2D eigenvalue weighted by molar-refractivity contribution is -0.143. The van der Waals surface area contributed by atoms with Gasteiger partial charge in [0.25, 0.3) is 0 Å². The first-order chi connectivity index (χ1) is 7.51. The van der Waals surface area contributed by atoms with E-state index in [1.54, 1.807) is 0 Å². The number of hydrogen-bond donors (Lipinski definition) is 3. The molecule has 7 heteroatoms. The van der Waals surface area contributed by atoms with Crippen LogP contribution in [0.3, 0.4) is 0 Å². The van der Waals surface area contributed by atoms with Gasteiger partial charge in [0.2, 0.25) is 11.8 Å². The summed E-state index contributed by atoms with van der Waals surface area (Å²) in [6.45, 7) is -1.17. The summed E-state index contributed by atoms with van der Waals surface area (Å²) in [5, 5.41) is 10.7. The predicted molar refractivity (Wildman–Crippen MR) is 55.1 cm³/mol.